The first kappa shape index (κ1) is 14.7. The van der Waals surface area contributed by atoms with Crippen LogP contribution in [0.5, 0.6) is 0 Å². The number of carbonyl (C=O) groups excluding carboxylic acids is 2. The fourth-order valence-corrected chi connectivity index (χ4v) is 3.35. The fourth-order valence-electron chi connectivity index (χ4n) is 3.35. The van der Waals surface area contributed by atoms with Crippen LogP contribution in [0.15, 0.2) is 40.5 Å². The first-order valence-corrected chi connectivity index (χ1v) is 7.81. The number of rotatable bonds is 4. The summed E-state index contributed by atoms with van der Waals surface area (Å²) in [6, 6.07) is 2.85. The van der Waals surface area contributed by atoms with E-state index in [1.165, 1.54) is 9.80 Å². The van der Waals surface area contributed by atoms with Crippen molar-refractivity contribution in [2.45, 2.75) is 12.6 Å². The molecule has 8 heteroatoms. The smallest absolute Gasteiger partial charge is 0.393 e. The summed E-state index contributed by atoms with van der Waals surface area (Å²) in [6.07, 6.45) is 3.19. The Labute approximate surface area is 139 Å². The summed E-state index contributed by atoms with van der Waals surface area (Å²) in [5, 5.41) is 0. The molecular weight excluding hydrogens is 310 g/mol. The van der Waals surface area contributed by atoms with Crippen LogP contribution in [-0.2, 0) is 11.3 Å². The van der Waals surface area contributed by atoms with Gasteiger partial charge >= 0.3 is 12.0 Å². The van der Waals surface area contributed by atoms with E-state index < -0.39 is 6.04 Å². The summed E-state index contributed by atoms with van der Waals surface area (Å²) in [5.74, 6) is 1.80. The molecule has 0 spiro atoms. The quantitative estimate of drug-likeness (QED) is 0.590. The Kier molecular flexibility index (Phi) is 3.26. The second kappa shape index (κ2) is 5.33. The average molecular weight is 328 g/mol. The largest absolute Gasteiger partial charge is 0.466 e. The third-order valence-corrected chi connectivity index (χ3v) is 4.52. The number of amidine groups is 1. The molecule has 4 heterocycles. The molecule has 1 atom stereocenters. The third-order valence-electron chi connectivity index (χ3n) is 4.52. The van der Waals surface area contributed by atoms with Crippen LogP contribution >= 0.6 is 0 Å². The van der Waals surface area contributed by atoms with Gasteiger partial charge in [0.2, 0.25) is 11.9 Å². The Morgan fingerprint density at radius 1 is 1.50 bits per heavy atom. The molecule has 4 rings (SSSR count). The summed E-state index contributed by atoms with van der Waals surface area (Å²) in [4.78, 5) is 34.4. The third kappa shape index (κ3) is 1.99. The lowest BCUT2D eigenvalue weighted by Crippen LogP contribution is -2.63. The van der Waals surface area contributed by atoms with Crippen molar-refractivity contribution >= 4 is 23.7 Å². The Hall–Kier alpha value is -2.90. The van der Waals surface area contributed by atoms with Crippen LogP contribution in [0, 0.1) is 0 Å². The minimum Gasteiger partial charge on any atom is -0.466 e. The number of imide groups is 1. The van der Waals surface area contributed by atoms with E-state index in [2.05, 4.69) is 16.1 Å². The van der Waals surface area contributed by atoms with E-state index in [1.54, 1.807) is 19.4 Å². The Morgan fingerprint density at radius 2 is 2.33 bits per heavy atom. The molecule has 1 fully saturated rings. The van der Waals surface area contributed by atoms with Gasteiger partial charge < -0.3 is 4.42 Å². The van der Waals surface area contributed by atoms with Crippen LogP contribution in [0.3, 0.4) is 0 Å². The Morgan fingerprint density at radius 3 is 3.04 bits per heavy atom. The lowest BCUT2D eigenvalue weighted by Gasteiger charge is -2.33. The van der Waals surface area contributed by atoms with Crippen LogP contribution in [-0.4, -0.2) is 75.7 Å². The molecular formula is C16H18N5O3+. The molecule has 0 saturated carbocycles. The van der Waals surface area contributed by atoms with Gasteiger partial charge in [0.1, 0.15) is 12.3 Å². The van der Waals surface area contributed by atoms with E-state index in [9.17, 15) is 9.59 Å². The zero-order valence-electron chi connectivity index (χ0n) is 13.4. The van der Waals surface area contributed by atoms with Crippen LogP contribution in [0.1, 0.15) is 5.76 Å². The maximum atomic E-state index is 12.8. The van der Waals surface area contributed by atoms with E-state index in [0.29, 0.717) is 18.9 Å². The number of urea groups is 1. The molecule has 1 aromatic rings. The van der Waals surface area contributed by atoms with Gasteiger partial charge in [0.25, 0.3) is 5.91 Å². The lowest BCUT2D eigenvalue weighted by atomic mass is 10.1. The Bertz CT molecular complexity index is 780. The van der Waals surface area contributed by atoms with Gasteiger partial charge in [-0.25, -0.2) is 9.69 Å². The highest BCUT2D eigenvalue weighted by atomic mass is 16.3. The fraction of sp³-hybridized carbons (Fsp3) is 0.375. The van der Waals surface area contributed by atoms with Gasteiger partial charge in [-0.15, -0.1) is 6.58 Å². The number of nitrogens with zero attached hydrogens (tertiary/aromatic N) is 5. The first-order valence-electron chi connectivity index (χ1n) is 7.81. The summed E-state index contributed by atoms with van der Waals surface area (Å²) in [7, 11) is 1.65. The summed E-state index contributed by atoms with van der Waals surface area (Å²) >= 11 is 0. The maximum absolute atomic E-state index is 12.8. The van der Waals surface area contributed by atoms with Gasteiger partial charge in [-0.1, -0.05) is 11.1 Å². The highest BCUT2D eigenvalue weighted by molar-refractivity contribution is 6.25. The normalized spacial score (nSPS) is 23.0. The van der Waals surface area contributed by atoms with Crippen molar-refractivity contribution in [2.75, 3.05) is 26.7 Å². The highest BCUT2D eigenvalue weighted by Crippen LogP contribution is 2.26. The Balaban J connectivity index is 1.70. The van der Waals surface area contributed by atoms with Crippen LogP contribution in [0.25, 0.3) is 0 Å². The predicted molar refractivity (Wildman–Crippen MR) is 85.5 cm³/mol. The van der Waals surface area contributed by atoms with Crippen molar-refractivity contribution in [1.29, 1.82) is 0 Å². The molecule has 8 nitrogen and oxygen atoms in total. The summed E-state index contributed by atoms with van der Waals surface area (Å²) < 4.78 is 7.46. The monoisotopic (exact) mass is 328 g/mol. The predicted octanol–water partition coefficient (Wildman–Crippen LogP) is 0.324. The molecule has 24 heavy (non-hydrogen) atoms. The molecule has 0 aliphatic carbocycles. The van der Waals surface area contributed by atoms with Crippen molar-refractivity contribution in [1.82, 2.24) is 14.7 Å². The topological polar surface area (TPSA) is 72.4 Å². The molecule has 3 amide bonds. The maximum Gasteiger partial charge on any atom is 0.393 e. The van der Waals surface area contributed by atoms with Gasteiger partial charge in [-0.05, 0) is 12.1 Å². The van der Waals surface area contributed by atoms with Gasteiger partial charge in [0.05, 0.1) is 19.4 Å². The van der Waals surface area contributed by atoms with Gasteiger partial charge in [0, 0.05) is 13.6 Å². The SMILES string of the molecule is C=CCN1C(=O)C2C(=NC3=[N+](Cc4ccco4)CCN32)N(C)C1=O. The zero-order chi connectivity index (χ0) is 16.8. The molecule has 1 unspecified atom stereocenters. The zero-order valence-corrected chi connectivity index (χ0v) is 13.4. The van der Waals surface area contributed by atoms with Crippen LogP contribution in [0.2, 0.25) is 0 Å². The number of furan rings is 1. The van der Waals surface area contributed by atoms with E-state index in [1.807, 2.05) is 17.0 Å². The molecule has 0 N–H and O–H groups in total. The minimum absolute atomic E-state index is 0.199. The van der Waals surface area contributed by atoms with Crippen molar-refractivity contribution in [3.05, 3.63) is 36.8 Å². The summed E-state index contributed by atoms with van der Waals surface area (Å²) in [6.45, 7) is 5.85. The number of guanidine groups is 1. The van der Waals surface area contributed by atoms with Crippen LogP contribution < -0.4 is 0 Å². The van der Waals surface area contributed by atoms with Crippen molar-refractivity contribution in [2.24, 2.45) is 4.99 Å². The van der Waals surface area contributed by atoms with Gasteiger partial charge in [-0.3, -0.25) is 19.2 Å². The van der Waals surface area contributed by atoms with Gasteiger partial charge in [0.15, 0.2) is 0 Å². The van der Waals surface area contributed by atoms with Gasteiger partial charge in [-0.2, -0.15) is 0 Å². The molecule has 1 saturated heterocycles. The van der Waals surface area contributed by atoms with E-state index in [0.717, 1.165) is 18.3 Å². The van der Waals surface area contributed by atoms with E-state index >= 15 is 0 Å². The number of fused-ring (bicyclic) bond motifs is 3. The molecule has 3 aliphatic heterocycles. The molecule has 0 bridgehead atoms. The standard InChI is InChI=1S/C16H18N5O3/c1-3-6-21-14(22)12-13(18(2)16(21)23)17-15-19(7-8-20(12)15)10-11-5-4-9-24-11/h3-5,9,12H,1,6-8,10H2,2H3/q+1. The van der Waals surface area contributed by atoms with E-state index in [4.69, 9.17) is 4.42 Å². The van der Waals surface area contributed by atoms with Crippen molar-refractivity contribution in [3.63, 3.8) is 0 Å². The van der Waals surface area contributed by atoms with E-state index in [-0.39, 0.29) is 18.5 Å². The molecule has 3 aliphatic rings. The molecule has 0 aromatic carbocycles. The second-order valence-electron chi connectivity index (χ2n) is 5.95. The number of amides is 3. The molecule has 124 valence electrons. The number of likely N-dealkylation sites (N-methyl/N-ethyl adjacent to an activating group) is 1. The average Bonchev–Trinajstić information content (AvgIpc) is 3.27. The lowest BCUT2D eigenvalue weighted by molar-refractivity contribution is -0.537. The van der Waals surface area contributed by atoms with Crippen molar-refractivity contribution < 1.29 is 18.6 Å². The second-order valence-corrected chi connectivity index (χ2v) is 5.95. The molecule has 0 radical (unpaired) electrons. The van der Waals surface area contributed by atoms with Crippen molar-refractivity contribution in [3.8, 4) is 0 Å². The number of aliphatic imine (C=N–C) groups is 1. The number of hydrogen-bond acceptors (Lipinski definition) is 5. The number of carbonyl (C=O) groups is 2. The van der Waals surface area contributed by atoms with Crippen LogP contribution in [0.4, 0.5) is 4.79 Å². The number of hydrogen-bond donors (Lipinski definition) is 0. The minimum atomic E-state index is -0.538. The summed E-state index contributed by atoms with van der Waals surface area (Å²) in [5.41, 5.74) is 0. The molecule has 1 aromatic heterocycles. The highest BCUT2D eigenvalue weighted by Gasteiger charge is 2.57. The first-order chi connectivity index (χ1) is 11.6.